The Morgan fingerprint density at radius 3 is 2.76 bits per heavy atom. The highest BCUT2D eigenvalue weighted by molar-refractivity contribution is 8.00. The van der Waals surface area contributed by atoms with Crippen molar-refractivity contribution in [1.29, 1.82) is 0 Å². The van der Waals surface area contributed by atoms with Gasteiger partial charge in [0.25, 0.3) is 0 Å². The maximum Gasteiger partial charge on any atom is 0.231 e. The average molecular weight is 307 g/mol. The van der Waals surface area contributed by atoms with Crippen molar-refractivity contribution in [2.45, 2.75) is 35.7 Å². The van der Waals surface area contributed by atoms with E-state index in [1.165, 1.54) is 23.9 Å². The van der Waals surface area contributed by atoms with E-state index < -0.39 is 11.2 Å². The monoisotopic (exact) mass is 307 g/mol. The Morgan fingerprint density at radius 1 is 1.43 bits per heavy atom. The zero-order valence-corrected chi connectivity index (χ0v) is 12.0. The van der Waals surface area contributed by atoms with E-state index in [9.17, 15) is 9.18 Å². The minimum absolute atomic E-state index is 0.306. The second-order valence-corrected chi connectivity index (χ2v) is 6.15. The molecule has 110 valence electrons. The summed E-state index contributed by atoms with van der Waals surface area (Å²) in [5, 5.41) is 11.7. The molecule has 0 spiro atoms. The highest BCUT2D eigenvalue weighted by Gasteiger charge is 2.30. The second-order valence-electron chi connectivity index (χ2n) is 4.98. The lowest BCUT2D eigenvalue weighted by Gasteiger charge is -2.12. The van der Waals surface area contributed by atoms with E-state index in [2.05, 4.69) is 15.5 Å². The first-order valence-electron chi connectivity index (χ1n) is 6.62. The molecule has 1 aromatic carbocycles. The van der Waals surface area contributed by atoms with Crippen LogP contribution in [0.2, 0.25) is 0 Å². The molecule has 0 bridgehead atoms. The van der Waals surface area contributed by atoms with Gasteiger partial charge in [-0.3, -0.25) is 4.79 Å². The number of carbonyl (C=O) groups is 1. The van der Waals surface area contributed by atoms with E-state index >= 15 is 0 Å². The van der Waals surface area contributed by atoms with Gasteiger partial charge in [0, 0.05) is 0 Å². The number of amides is 1. The Bertz CT molecular complexity index is 640. The molecule has 2 aromatic rings. The van der Waals surface area contributed by atoms with Gasteiger partial charge >= 0.3 is 0 Å². The summed E-state index contributed by atoms with van der Waals surface area (Å²) in [5.74, 6) is -0.741. The van der Waals surface area contributed by atoms with Crippen molar-refractivity contribution in [3.63, 3.8) is 0 Å². The molecule has 8 heteroatoms. The summed E-state index contributed by atoms with van der Waals surface area (Å²) in [6.07, 6.45) is 2.52. The number of tetrazole rings is 1. The number of hydrogen-bond acceptors (Lipinski definition) is 5. The van der Waals surface area contributed by atoms with Crippen LogP contribution in [0.5, 0.6) is 0 Å². The molecule has 6 nitrogen and oxygen atoms in total. The largest absolute Gasteiger partial charge is 0.369 e. The zero-order valence-electron chi connectivity index (χ0n) is 11.1. The third-order valence-electron chi connectivity index (χ3n) is 3.25. The molecule has 1 atom stereocenters. The molecule has 0 aliphatic heterocycles. The van der Waals surface area contributed by atoms with E-state index in [1.54, 1.807) is 16.8 Å². The van der Waals surface area contributed by atoms with E-state index in [-0.39, 0.29) is 5.82 Å². The molecular formula is C13H14FN5OS. The number of hydrogen-bond donors (Lipinski definition) is 1. The number of benzene rings is 1. The molecule has 1 fully saturated rings. The smallest absolute Gasteiger partial charge is 0.231 e. The predicted octanol–water partition coefficient (Wildman–Crippen LogP) is 1.34. The molecule has 3 rings (SSSR count). The van der Waals surface area contributed by atoms with Gasteiger partial charge in [0.15, 0.2) is 0 Å². The second kappa shape index (κ2) is 5.80. The summed E-state index contributed by atoms with van der Waals surface area (Å²) in [6.45, 7) is 0. The first-order chi connectivity index (χ1) is 10.1. The third-order valence-corrected chi connectivity index (χ3v) is 4.42. The summed E-state index contributed by atoms with van der Waals surface area (Å²) in [4.78, 5) is 11.6. The van der Waals surface area contributed by atoms with Gasteiger partial charge in [-0.2, -0.15) is 0 Å². The summed E-state index contributed by atoms with van der Waals surface area (Å²) in [5.41, 5.74) is 6.31. The Labute approximate surface area is 124 Å². The SMILES string of the molecule is NC(=O)[C@H](Cc1ccc(F)cc1)Sc1nnnn1C1CC1. The van der Waals surface area contributed by atoms with Crippen molar-refractivity contribution in [2.24, 2.45) is 5.73 Å². The van der Waals surface area contributed by atoms with Crippen LogP contribution in [-0.2, 0) is 11.2 Å². The molecule has 0 radical (unpaired) electrons. The third kappa shape index (κ3) is 3.38. The van der Waals surface area contributed by atoms with Crippen molar-refractivity contribution in [1.82, 2.24) is 20.2 Å². The van der Waals surface area contributed by atoms with Crippen molar-refractivity contribution in [3.05, 3.63) is 35.6 Å². The average Bonchev–Trinajstić information content (AvgIpc) is 3.20. The highest BCUT2D eigenvalue weighted by atomic mass is 32.2. The zero-order chi connectivity index (χ0) is 14.8. The van der Waals surface area contributed by atoms with Gasteiger partial charge in [-0.25, -0.2) is 9.07 Å². The molecule has 1 aromatic heterocycles. The lowest BCUT2D eigenvalue weighted by molar-refractivity contribution is -0.117. The Balaban J connectivity index is 1.73. The van der Waals surface area contributed by atoms with Crippen LogP contribution >= 0.6 is 11.8 Å². The molecule has 0 saturated heterocycles. The van der Waals surface area contributed by atoms with Crippen LogP contribution < -0.4 is 5.73 Å². The standard InChI is InChI=1S/C13H14FN5OS/c14-9-3-1-8(2-4-9)7-11(12(15)20)21-13-16-17-18-19(13)10-5-6-10/h1-4,10-11H,5-7H2,(H2,15,20)/t11-/m0/s1. The highest BCUT2D eigenvalue weighted by Crippen LogP contribution is 2.37. The first-order valence-corrected chi connectivity index (χ1v) is 7.50. The topological polar surface area (TPSA) is 86.7 Å². The molecule has 0 unspecified atom stereocenters. The minimum Gasteiger partial charge on any atom is -0.369 e. The van der Waals surface area contributed by atoms with Gasteiger partial charge in [-0.05, 0) is 47.4 Å². The molecule has 1 amide bonds. The molecule has 1 saturated carbocycles. The van der Waals surface area contributed by atoms with Crippen molar-refractivity contribution in [2.75, 3.05) is 0 Å². The predicted molar refractivity (Wildman–Crippen MR) is 75.0 cm³/mol. The number of primary amides is 1. The van der Waals surface area contributed by atoms with Crippen LogP contribution in [0, 0.1) is 5.82 Å². The van der Waals surface area contributed by atoms with Crippen LogP contribution in [-0.4, -0.2) is 31.4 Å². The Hall–Kier alpha value is -1.96. The number of nitrogens with zero attached hydrogens (tertiary/aromatic N) is 4. The lowest BCUT2D eigenvalue weighted by Crippen LogP contribution is -2.28. The van der Waals surface area contributed by atoms with Crippen molar-refractivity contribution in [3.8, 4) is 0 Å². The number of carbonyl (C=O) groups excluding carboxylic acids is 1. The summed E-state index contributed by atoms with van der Waals surface area (Å²) in [6, 6.07) is 6.37. The fourth-order valence-electron chi connectivity index (χ4n) is 1.97. The maximum absolute atomic E-state index is 12.9. The first kappa shape index (κ1) is 14.0. The molecule has 1 aliphatic rings. The van der Waals surface area contributed by atoms with Crippen molar-refractivity contribution >= 4 is 17.7 Å². The van der Waals surface area contributed by atoms with E-state index in [4.69, 9.17) is 5.73 Å². The Kier molecular flexibility index (Phi) is 3.87. The molecule has 1 aliphatic carbocycles. The van der Waals surface area contributed by atoms with Gasteiger partial charge in [0.1, 0.15) is 5.82 Å². The number of nitrogens with two attached hydrogens (primary N) is 1. The number of thioether (sulfide) groups is 1. The van der Waals surface area contributed by atoms with E-state index in [1.807, 2.05) is 0 Å². The van der Waals surface area contributed by atoms with Gasteiger partial charge in [-0.1, -0.05) is 23.9 Å². The quantitative estimate of drug-likeness (QED) is 0.814. The van der Waals surface area contributed by atoms with Gasteiger partial charge < -0.3 is 5.73 Å². The van der Waals surface area contributed by atoms with Crippen LogP contribution in [0.25, 0.3) is 0 Å². The van der Waals surface area contributed by atoms with Gasteiger partial charge in [0.2, 0.25) is 11.1 Å². The summed E-state index contributed by atoms with van der Waals surface area (Å²) < 4.78 is 14.7. The van der Waals surface area contributed by atoms with E-state index in [0.29, 0.717) is 17.6 Å². The van der Waals surface area contributed by atoms with Crippen LogP contribution in [0.15, 0.2) is 29.4 Å². The summed E-state index contributed by atoms with van der Waals surface area (Å²) >= 11 is 1.26. The lowest BCUT2D eigenvalue weighted by atomic mass is 10.1. The summed E-state index contributed by atoms with van der Waals surface area (Å²) in [7, 11) is 0. The number of halogens is 1. The van der Waals surface area contributed by atoms with Crippen LogP contribution in [0.3, 0.4) is 0 Å². The molecule has 2 N–H and O–H groups in total. The van der Waals surface area contributed by atoms with Crippen LogP contribution in [0.4, 0.5) is 4.39 Å². The van der Waals surface area contributed by atoms with Crippen LogP contribution in [0.1, 0.15) is 24.4 Å². The molecule has 21 heavy (non-hydrogen) atoms. The number of rotatable bonds is 6. The van der Waals surface area contributed by atoms with Gasteiger partial charge in [0.05, 0.1) is 11.3 Å². The molecule has 1 heterocycles. The van der Waals surface area contributed by atoms with Crippen molar-refractivity contribution < 1.29 is 9.18 Å². The molecular weight excluding hydrogens is 293 g/mol. The maximum atomic E-state index is 12.9. The minimum atomic E-state index is -0.487. The fraction of sp³-hybridized carbons (Fsp3) is 0.385. The van der Waals surface area contributed by atoms with Gasteiger partial charge in [-0.15, -0.1) is 5.10 Å². The van der Waals surface area contributed by atoms with E-state index in [0.717, 1.165) is 18.4 Å². The number of aromatic nitrogens is 4. The normalized spacial score (nSPS) is 15.9. The fourth-order valence-corrected chi connectivity index (χ4v) is 3.00. The Morgan fingerprint density at radius 2 is 2.14 bits per heavy atom.